The Balaban J connectivity index is 1.27. The molecule has 0 aliphatic carbocycles. The van der Waals surface area contributed by atoms with Crippen molar-refractivity contribution in [2.45, 2.75) is 6.18 Å². The van der Waals surface area contributed by atoms with Crippen LogP contribution in [-0.2, 0) is 6.18 Å². The molecule has 11 rings (SSSR count). The highest BCUT2D eigenvalue weighted by atomic mass is 19.4. The normalized spacial score (nSPS) is 12.1. The first-order valence-electron chi connectivity index (χ1n) is 19.8. The van der Waals surface area contributed by atoms with E-state index < -0.39 is 29.2 Å². The highest BCUT2D eigenvalue weighted by Crippen LogP contribution is 2.46. The van der Waals surface area contributed by atoms with Gasteiger partial charge in [-0.3, -0.25) is 0 Å². The van der Waals surface area contributed by atoms with Crippen molar-refractivity contribution in [1.82, 2.24) is 0 Å². The third-order valence-corrected chi connectivity index (χ3v) is 12.0. The Bertz CT molecular complexity index is 3580. The second-order valence-corrected chi connectivity index (χ2v) is 15.6. The van der Waals surface area contributed by atoms with Crippen LogP contribution in [0.15, 0.2) is 182 Å². The fourth-order valence-electron chi connectivity index (χ4n) is 9.13. The number of alkyl halides is 3. The Morgan fingerprint density at radius 2 is 0.656 bits per heavy atom. The lowest BCUT2D eigenvalue weighted by Gasteiger charge is -2.19. The standard InChI is InChI=1S/C55H30F6/c56-52-29-36(30-53(57)54(52)58)35-22-38-28-46-37(27-47(38)51(26-35)49-24-33-10-2-4-12-41(33)43-14-6-8-16-45(43)49)21-34(31-17-19-39(20-18-31)55(59,60)61)25-50(46)48-23-32-9-1-3-11-40(32)42-13-5-7-15-44(42)48/h1-30H. The number of halogens is 6. The highest BCUT2D eigenvalue weighted by molar-refractivity contribution is 6.21. The lowest BCUT2D eigenvalue weighted by atomic mass is 9.85. The Hall–Kier alpha value is -7.44. The molecule has 11 aromatic rings. The van der Waals surface area contributed by atoms with E-state index in [9.17, 15) is 26.3 Å². The van der Waals surface area contributed by atoms with E-state index in [1.807, 2.05) is 78.9 Å². The number of hydrogen-bond donors (Lipinski definition) is 0. The molecule has 0 saturated carbocycles. The number of hydrogen-bond acceptors (Lipinski definition) is 0. The molecule has 0 bridgehead atoms. The monoisotopic (exact) mass is 804 g/mol. The van der Waals surface area contributed by atoms with Crippen molar-refractivity contribution >= 4 is 64.6 Å². The molecular weight excluding hydrogens is 775 g/mol. The Labute approximate surface area is 345 Å². The molecule has 0 radical (unpaired) electrons. The number of fused-ring (bicyclic) bond motifs is 8. The van der Waals surface area contributed by atoms with Gasteiger partial charge in [-0.05, 0) is 182 Å². The molecule has 292 valence electrons. The molecular formula is C55H30F6. The molecule has 0 amide bonds. The summed E-state index contributed by atoms with van der Waals surface area (Å²) in [6.07, 6.45) is -4.48. The number of benzene rings is 11. The first kappa shape index (κ1) is 36.6. The summed E-state index contributed by atoms with van der Waals surface area (Å²) in [5, 5.41) is 11.6. The highest BCUT2D eigenvalue weighted by Gasteiger charge is 2.30. The first-order valence-corrected chi connectivity index (χ1v) is 19.8. The van der Waals surface area contributed by atoms with Crippen molar-refractivity contribution in [3.05, 3.63) is 205 Å². The lowest BCUT2D eigenvalue weighted by molar-refractivity contribution is -0.137. The maximum Gasteiger partial charge on any atom is 0.416 e. The van der Waals surface area contributed by atoms with Gasteiger partial charge in [-0.1, -0.05) is 109 Å². The topological polar surface area (TPSA) is 0 Å². The van der Waals surface area contributed by atoms with Gasteiger partial charge in [0.1, 0.15) is 0 Å². The van der Waals surface area contributed by atoms with Crippen molar-refractivity contribution < 1.29 is 26.3 Å². The summed E-state index contributed by atoms with van der Waals surface area (Å²) >= 11 is 0. The minimum Gasteiger partial charge on any atom is -0.204 e. The predicted octanol–water partition coefficient (Wildman–Crippen LogP) is 16.7. The van der Waals surface area contributed by atoms with Crippen molar-refractivity contribution in [2.75, 3.05) is 0 Å². The zero-order valence-corrected chi connectivity index (χ0v) is 32.1. The van der Waals surface area contributed by atoms with Crippen molar-refractivity contribution in [1.29, 1.82) is 0 Å². The largest absolute Gasteiger partial charge is 0.416 e. The third kappa shape index (κ3) is 6.09. The van der Waals surface area contributed by atoms with E-state index in [-0.39, 0.29) is 5.56 Å². The minimum absolute atomic E-state index is 0.183. The van der Waals surface area contributed by atoms with Gasteiger partial charge in [-0.15, -0.1) is 0 Å². The molecule has 0 N–H and O–H groups in total. The Kier molecular flexibility index (Phi) is 8.30. The molecule has 0 aromatic heterocycles. The van der Waals surface area contributed by atoms with E-state index in [4.69, 9.17) is 0 Å². The van der Waals surface area contributed by atoms with E-state index in [1.165, 1.54) is 12.1 Å². The molecule has 61 heavy (non-hydrogen) atoms. The van der Waals surface area contributed by atoms with Crippen LogP contribution in [0.25, 0.3) is 109 Å². The smallest absolute Gasteiger partial charge is 0.204 e. The van der Waals surface area contributed by atoms with Crippen molar-refractivity contribution in [3.8, 4) is 44.5 Å². The SMILES string of the molecule is Fc1cc(-c2cc(-c3cc4ccccc4c4ccccc34)c3cc4cc(-c5ccc(C(F)(F)F)cc5)cc(-c5cc6ccccc6c6ccccc56)c4cc3c2)cc(F)c1F. The van der Waals surface area contributed by atoms with Gasteiger partial charge in [0.15, 0.2) is 17.5 Å². The summed E-state index contributed by atoms with van der Waals surface area (Å²) in [6.45, 7) is 0. The first-order chi connectivity index (χ1) is 29.6. The summed E-state index contributed by atoms with van der Waals surface area (Å²) in [7, 11) is 0. The maximum atomic E-state index is 14.9. The average Bonchev–Trinajstić information content (AvgIpc) is 3.28. The third-order valence-electron chi connectivity index (χ3n) is 12.0. The van der Waals surface area contributed by atoms with Crippen LogP contribution in [0, 0.1) is 17.5 Å². The van der Waals surface area contributed by atoms with Crippen LogP contribution < -0.4 is 0 Å². The second kappa shape index (κ2) is 13.8. The quantitative estimate of drug-likeness (QED) is 0.0719. The molecule has 0 atom stereocenters. The molecule has 0 saturated heterocycles. The van der Waals surface area contributed by atoms with E-state index in [1.54, 1.807) is 0 Å². The molecule has 0 spiro atoms. The van der Waals surface area contributed by atoms with Crippen LogP contribution in [0.4, 0.5) is 26.3 Å². The fraction of sp³-hybridized carbons (Fsp3) is 0.0182. The van der Waals surface area contributed by atoms with E-state index in [0.717, 1.165) is 117 Å². The van der Waals surface area contributed by atoms with Crippen LogP contribution >= 0.6 is 0 Å². The molecule has 0 heterocycles. The van der Waals surface area contributed by atoms with Gasteiger partial charge in [0.2, 0.25) is 0 Å². The van der Waals surface area contributed by atoms with Gasteiger partial charge in [-0.25, -0.2) is 13.2 Å². The molecule has 0 aliphatic heterocycles. The zero-order valence-electron chi connectivity index (χ0n) is 32.1. The summed E-state index contributed by atoms with van der Waals surface area (Å²) in [4.78, 5) is 0. The van der Waals surface area contributed by atoms with Gasteiger partial charge in [-0.2, -0.15) is 13.2 Å². The maximum absolute atomic E-state index is 14.9. The van der Waals surface area contributed by atoms with Crippen LogP contribution in [0.2, 0.25) is 0 Å². The average molecular weight is 805 g/mol. The second-order valence-electron chi connectivity index (χ2n) is 15.6. The molecule has 0 fully saturated rings. The molecule has 6 heteroatoms. The summed E-state index contributed by atoms with van der Waals surface area (Å²) in [5.74, 6) is -4.10. The van der Waals surface area contributed by atoms with Gasteiger partial charge >= 0.3 is 6.18 Å². The van der Waals surface area contributed by atoms with Crippen LogP contribution in [0.5, 0.6) is 0 Å². The van der Waals surface area contributed by atoms with Gasteiger partial charge in [0.25, 0.3) is 0 Å². The van der Waals surface area contributed by atoms with Gasteiger partial charge < -0.3 is 0 Å². The van der Waals surface area contributed by atoms with Crippen LogP contribution in [0.1, 0.15) is 5.56 Å². The van der Waals surface area contributed by atoms with E-state index in [0.29, 0.717) is 11.1 Å². The fourth-order valence-corrected chi connectivity index (χ4v) is 9.13. The Morgan fingerprint density at radius 1 is 0.279 bits per heavy atom. The predicted molar refractivity (Wildman–Crippen MR) is 238 cm³/mol. The van der Waals surface area contributed by atoms with E-state index in [2.05, 4.69) is 66.7 Å². The zero-order chi connectivity index (χ0) is 41.6. The van der Waals surface area contributed by atoms with Crippen LogP contribution in [-0.4, -0.2) is 0 Å². The molecule has 11 aromatic carbocycles. The van der Waals surface area contributed by atoms with Crippen molar-refractivity contribution in [2.24, 2.45) is 0 Å². The van der Waals surface area contributed by atoms with Gasteiger partial charge in [0.05, 0.1) is 5.56 Å². The van der Waals surface area contributed by atoms with Gasteiger partial charge in [0, 0.05) is 0 Å². The number of rotatable bonds is 4. The molecule has 0 aliphatic rings. The molecule has 0 nitrogen and oxygen atoms in total. The summed E-state index contributed by atoms with van der Waals surface area (Å²) in [6, 6.07) is 56.0. The van der Waals surface area contributed by atoms with E-state index >= 15 is 0 Å². The van der Waals surface area contributed by atoms with Crippen molar-refractivity contribution in [3.63, 3.8) is 0 Å². The van der Waals surface area contributed by atoms with Crippen LogP contribution in [0.3, 0.4) is 0 Å². The lowest BCUT2D eigenvalue weighted by Crippen LogP contribution is -2.04. The summed E-state index contributed by atoms with van der Waals surface area (Å²) < 4.78 is 85.4. The molecule has 0 unspecified atom stereocenters. The summed E-state index contributed by atoms with van der Waals surface area (Å²) in [5.41, 5.74) is 4.79. The Morgan fingerprint density at radius 3 is 1.11 bits per heavy atom. The minimum atomic E-state index is -4.48.